The van der Waals surface area contributed by atoms with Crippen LogP contribution in [0.3, 0.4) is 0 Å². The average Bonchev–Trinajstić information content (AvgIpc) is 2.25. The summed E-state index contributed by atoms with van der Waals surface area (Å²) in [5.41, 5.74) is 4.86. The molecule has 2 N–H and O–H groups in total. The summed E-state index contributed by atoms with van der Waals surface area (Å²) in [4.78, 5) is 11.5. The Morgan fingerprint density at radius 3 is 2.29 bits per heavy atom. The highest BCUT2D eigenvalue weighted by molar-refractivity contribution is 5.70. The van der Waals surface area contributed by atoms with Crippen LogP contribution in [0, 0.1) is 22.9 Å². The van der Waals surface area contributed by atoms with Crippen LogP contribution in [0.4, 0.5) is 13.2 Å². The molecule has 3 nitrogen and oxygen atoms in total. The fourth-order valence-corrected chi connectivity index (χ4v) is 2.28. The van der Waals surface area contributed by atoms with Crippen molar-refractivity contribution in [2.45, 2.75) is 39.7 Å². The van der Waals surface area contributed by atoms with Gasteiger partial charge in [-0.1, -0.05) is 13.8 Å². The van der Waals surface area contributed by atoms with Crippen molar-refractivity contribution in [2.75, 3.05) is 6.61 Å². The van der Waals surface area contributed by atoms with Crippen molar-refractivity contribution in [1.29, 1.82) is 0 Å². The van der Waals surface area contributed by atoms with Gasteiger partial charge in [-0.15, -0.1) is 0 Å². The SMILES string of the molecule is CCOC(=O)CC(C)(C)CC(N)c1c(F)cc(F)cc1F. The summed E-state index contributed by atoms with van der Waals surface area (Å²) in [6, 6.07) is 0.211. The van der Waals surface area contributed by atoms with E-state index in [-0.39, 0.29) is 25.0 Å². The molecule has 118 valence electrons. The van der Waals surface area contributed by atoms with E-state index in [0.29, 0.717) is 12.1 Å². The first kappa shape index (κ1) is 17.5. The molecule has 0 bridgehead atoms. The van der Waals surface area contributed by atoms with Gasteiger partial charge in [-0.05, 0) is 18.8 Å². The third-order valence-corrected chi connectivity index (χ3v) is 3.12. The molecule has 0 aromatic heterocycles. The molecule has 1 aromatic carbocycles. The van der Waals surface area contributed by atoms with Crippen LogP contribution in [-0.2, 0) is 9.53 Å². The molecule has 0 fully saturated rings. The summed E-state index contributed by atoms with van der Waals surface area (Å²) >= 11 is 0. The van der Waals surface area contributed by atoms with E-state index in [1.165, 1.54) is 0 Å². The summed E-state index contributed by atoms with van der Waals surface area (Å²) in [5.74, 6) is -3.43. The molecule has 1 unspecified atom stereocenters. The lowest BCUT2D eigenvalue weighted by Crippen LogP contribution is -2.26. The number of esters is 1. The smallest absolute Gasteiger partial charge is 0.306 e. The Bertz CT molecular complexity index is 495. The largest absolute Gasteiger partial charge is 0.466 e. The molecular weight excluding hydrogens is 283 g/mol. The second-order valence-electron chi connectivity index (χ2n) is 5.74. The lowest BCUT2D eigenvalue weighted by atomic mass is 9.81. The molecule has 0 heterocycles. The molecule has 0 aliphatic rings. The summed E-state index contributed by atoms with van der Waals surface area (Å²) < 4.78 is 45.1. The van der Waals surface area contributed by atoms with Gasteiger partial charge in [-0.3, -0.25) is 4.79 Å². The standard InChI is InChI=1S/C15H20F3NO2/c1-4-21-13(20)8-15(2,3)7-12(19)14-10(17)5-9(16)6-11(14)18/h5-6,12H,4,7-8,19H2,1-3H3. The van der Waals surface area contributed by atoms with Crippen molar-refractivity contribution in [3.05, 3.63) is 35.1 Å². The highest BCUT2D eigenvalue weighted by Gasteiger charge is 2.29. The first-order chi connectivity index (χ1) is 9.66. The number of benzene rings is 1. The van der Waals surface area contributed by atoms with Crippen LogP contribution in [-0.4, -0.2) is 12.6 Å². The Hall–Kier alpha value is -1.56. The number of halogens is 3. The van der Waals surface area contributed by atoms with Crippen molar-refractivity contribution in [2.24, 2.45) is 11.1 Å². The number of nitrogens with two attached hydrogens (primary N) is 1. The van der Waals surface area contributed by atoms with Gasteiger partial charge in [0, 0.05) is 23.7 Å². The summed E-state index contributed by atoms with van der Waals surface area (Å²) in [5, 5.41) is 0. The highest BCUT2D eigenvalue weighted by Crippen LogP contribution is 2.34. The van der Waals surface area contributed by atoms with E-state index in [2.05, 4.69) is 0 Å². The summed E-state index contributed by atoms with van der Waals surface area (Å²) in [6.45, 7) is 5.47. The van der Waals surface area contributed by atoms with E-state index in [0.717, 1.165) is 0 Å². The number of hydrogen-bond donors (Lipinski definition) is 1. The van der Waals surface area contributed by atoms with E-state index < -0.39 is 34.9 Å². The van der Waals surface area contributed by atoms with Gasteiger partial charge in [-0.25, -0.2) is 13.2 Å². The molecular formula is C15H20F3NO2. The van der Waals surface area contributed by atoms with E-state index >= 15 is 0 Å². The average molecular weight is 303 g/mol. The third-order valence-electron chi connectivity index (χ3n) is 3.12. The van der Waals surface area contributed by atoms with Crippen LogP contribution >= 0.6 is 0 Å². The van der Waals surface area contributed by atoms with Crippen LogP contribution in [0.1, 0.15) is 45.2 Å². The first-order valence-electron chi connectivity index (χ1n) is 6.72. The van der Waals surface area contributed by atoms with E-state index in [1.54, 1.807) is 20.8 Å². The quantitative estimate of drug-likeness (QED) is 0.819. The Morgan fingerprint density at radius 1 is 1.29 bits per heavy atom. The van der Waals surface area contributed by atoms with Crippen LogP contribution in [0.25, 0.3) is 0 Å². The predicted molar refractivity (Wildman–Crippen MR) is 72.9 cm³/mol. The fourth-order valence-electron chi connectivity index (χ4n) is 2.28. The fraction of sp³-hybridized carbons (Fsp3) is 0.533. The van der Waals surface area contributed by atoms with Gasteiger partial charge in [0.1, 0.15) is 17.5 Å². The third kappa shape index (κ3) is 5.04. The molecule has 6 heteroatoms. The maximum atomic E-state index is 13.7. The Labute approximate surface area is 122 Å². The summed E-state index contributed by atoms with van der Waals surface area (Å²) in [6.07, 6.45) is 0.240. The monoisotopic (exact) mass is 303 g/mol. The van der Waals surface area contributed by atoms with Crippen molar-refractivity contribution < 1.29 is 22.7 Å². The normalized spacial score (nSPS) is 13.1. The number of carbonyl (C=O) groups is 1. The molecule has 0 amide bonds. The van der Waals surface area contributed by atoms with Crippen molar-refractivity contribution in [3.63, 3.8) is 0 Å². The van der Waals surface area contributed by atoms with Crippen LogP contribution in [0.2, 0.25) is 0 Å². The van der Waals surface area contributed by atoms with Gasteiger partial charge >= 0.3 is 5.97 Å². The lowest BCUT2D eigenvalue weighted by molar-refractivity contribution is -0.145. The van der Waals surface area contributed by atoms with Crippen molar-refractivity contribution in [1.82, 2.24) is 0 Å². The van der Waals surface area contributed by atoms with Gasteiger partial charge in [-0.2, -0.15) is 0 Å². The molecule has 1 atom stereocenters. The minimum atomic E-state index is -1.02. The van der Waals surface area contributed by atoms with Gasteiger partial charge in [0.15, 0.2) is 0 Å². The zero-order valence-corrected chi connectivity index (χ0v) is 12.4. The second kappa shape index (κ2) is 6.93. The van der Waals surface area contributed by atoms with Gasteiger partial charge in [0.25, 0.3) is 0 Å². The molecule has 0 spiro atoms. The molecule has 0 saturated heterocycles. The Balaban J connectivity index is 2.85. The maximum absolute atomic E-state index is 13.7. The zero-order valence-electron chi connectivity index (χ0n) is 12.4. The second-order valence-corrected chi connectivity index (χ2v) is 5.74. The molecule has 1 aromatic rings. The molecule has 21 heavy (non-hydrogen) atoms. The van der Waals surface area contributed by atoms with E-state index in [1.807, 2.05) is 0 Å². The molecule has 0 saturated carbocycles. The van der Waals surface area contributed by atoms with E-state index in [4.69, 9.17) is 10.5 Å². The lowest BCUT2D eigenvalue weighted by Gasteiger charge is -2.27. The summed E-state index contributed by atoms with van der Waals surface area (Å²) in [7, 11) is 0. The minimum absolute atomic E-state index is 0.0823. The molecule has 0 radical (unpaired) electrons. The number of hydrogen-bond acceptors (Lipinski definition) is 3. The van der Waals surface area contributed by atoms with Crippen molar-refractivity contribution in [3.8, 4) is 0 Å². The van der Waals surface area contributed by atoms with E-state index in [9.17, 15) is 18.0 Å². The highest BCUT2D eigenvalue weighted by atomic mass is 19.1. The maximum Gasteiger partial charge on any atom is 0.306 e. The van der Waals surface area contributed by atoms with Crippen LogP contribution < -0.4 is 5.73 Å². The van der Waals surface area contributed by atoms with Gasteiger partial charge in [0.2, 0.25) is 0 Å². The van der Waals surface area contributed by atoms with Crippen LogP contribution in [0.5, 0.6) is 0 Å². The Morgan fingerprint density at radius 2 is 1.81 bits per heavy atom. The molecule has 0 aliphatic carbocycles. The molecule has 0 aliphatic heterocycles. The van der Waals surface area contributed by atoms with Gasteiger partial charge < -0.3 is 10.5 Å². The molecule has 1 rings (SSSR count). The van der Waals surface area contributed by atoms with Crippen molar-refractivity contribution >= 4 is 5.97 Å². The first-order valence-corrected chi connectivity index (χ1v) is 6.72. The number of carbonyl (C=O) groups excluding carboxylic acids is 1. The topological polar surface area (TPSA) is 52.3 Å². The van der Waals surface area contributed by atoms with Crippen LogP contribution in [0.15, 0.2) is 12.1 Å². The Kier molecular flexibility index (Phi) is 5.78. The minimum Gasteiger partial charge on any atom is -0.466 e. The predicted octanol–water partition coefficient (Wildman–Crippen LogP) is 3.47. The number of rotatable bonds is 6. The zero-order chi connectivity index (χ0) is 16.2. The van der Waals surface area contributed by atoms with Gasteiger partial charge in [0.05, 0.1) is 13.0 Å². The number of ether oxygens (including phenoxy) is 1.